The molecular weight excluding hydrogens is 416 g/mol. The summed E-state index contributed by atoms with van der Waals surface area (Å²) in [5.74, 6) is -0.440. The number of ether oxygens (including phenoxy) is 2. The molecule has 32 heavy (non-hydrogen) atoms. The molecule has 1 saturated heterocycles. The van der Waals surface area contributed by atoms with E-state index in [0.717, 1.165) is 19.3 Å². The molecule has 0 N–H and O–H groups in total. The fraction of sp³-hybridized carbons (Fsp3) is 0.519. The Morgan fingerprint density at radius 2 is 1.53 bits per heavy atom. The van der Waals surface area contributed by atoms with Crippen LogP contribution in [-0.4, -0.2) is 39.7 Å². The molecule has 1 aliphatic rings. The van der Waals surface area contributed by atoms with Crippen LogP contribution in [0.2, 0.25) is 5.04 Å². The highest BCUT2D eigenvalue weighted by Crippen LogP contribution is 2.38. The van der Waals surface area contributed by atoms with E-state index in [4.69, 9.17) is 13.9 Å². The van der Waals surface area contributed by atoms with Gasteiger partial charge >= 0.3 is 5.97 Å². The topological polar surface area (TPSA) is 44.8 Å². The van der Waals surface area contributed by atoms with Crippen molar-refractivity contribution in [3.8, 4) is 0 Å². The van der Waals surface area contributed by atoms with Gasteiger partial charge in [-0.3, -0.25) is 4.79 Å². The quantitative estimate of drug-likeness (QED) is 0.428. The van der Waals surface area contributed by atoms with Crippen LogP contribution in [0.15, 0.2) is 60.7 Å². The van der Waals surface area contributed by atoms with Crippen molar-refractivity contribution in [2.24, 2.45) is 5.92 Å². The molecule has 2 aromatic carbocycles. The highest BCUT2D eigenvalue weighted by molar-refractivity contribution is 6.99. The van der Waals surface area contributed by atoms with E-state index in [1.165, 1.54) is 17.5 Å². The largest absolute Gasteiger partial charge is 0.469 e. The molecule has 1 fully saturated rings. The second-order valence-corrected chi connectivity index (χ2v) is 14.3. The van der Waals surface area contributed by atoms with Crippen molar-refractivity contribution in [3.63, 3.8) is 0 Å². The Morgan fingerprint density at radius 3 is 2.00 bits per heavy atom. The number of methoxy groups -OCH3 is 1. The molecule has 4 atom stereocenters. The predicted molar refractivity (Wildman–Crippen MR) is 132 cm³/mol. The Hall–Kier alpha value is -1.95. The summed E-state index contributed by atoms with van der Waals surface area (Å²) in [6.07, 6.45) is 2.69. The molecule has 0 aromatic heterocycles. The Bertz CT molecular complexity index is 823. The van der Waals surface area contributed by atoms with E-state index in [2.05, 4.69) is 88.4 Å². The zero-order chi connectivity index (χ0) is 23.4. The third-order valence-corrected chi connectivity index (χ3v) is 11.8. The molecular formula is C27H38O4Si. The zero-order valence-corrected chi connectivity index (χ0v) is 21.3. The number of carbonyl (C=O) groups is 1. The minimum absolute atomic E-state index is 0.0264. The Morgan fingerprint density at radius 1 is 1.00 bits per heavy atom. The normalized spacial score (nSPS) is 21.2. The minimum atomic E-state index is -2.58. The van der Waals surface area contributed by atoms with E-state index in [1.54, 1.807) is 0 Å². The van der Waals surface area contributed by atoms with Gasteiger partial charge in [-0.15, -0.1) is 0 Å². The predicted octanol–water partition coefficient (Wildman–Crippen LogP) is 4.70. The minimum Gasteiger partial charge on any atom is -0.469 e. The second-order valence-electron chi connectivity index (χ2n) is 10.0. The van der Waals surface area contributed by atoms with Gasteiger partial charge in [0, 0.05) is 6.10 Å². The summed E-state index contributed by atoms with van der Waals surface area (Å²) in [6, 6.07) is 21.4. The first-order valence-electron chi connectivity index (χ1n) is 11.7. The van der Waals surface area contributed by atoms with Gasteiger partial charge < -0.3 is 13.9 Å². The van der Waals surface area contributed by atoms with Crippen LogP contribution < -0.4 is 10.4 Å². The molecule has 0 aliphatic carbocycles. The molecule has 2 aromatic rings. The van der Waals surface area contributed by atoms with Crippen molar-refractivity contribution in [1.82, 2.24) is 0 Å². The van der Waals surface area contributed by atoms with Crippen molar-refractivity contribution >= 4 is 24.7 Å². The maximum absolute atomic E-state index is 11.9. The molecule has 1 aliphatic heterocycles. The monoisotopic (exact) mass is 454 g/mol. The summed E-state index contributed by atoms with van der Waals surface area (Å²) in [7, 11) is -1.14. The van der Waals surface area contributed by atoms with Gasteiger partial charge in [0.25, 0.3) is 8.32 Å². The van der Waals surface area contributed by atoms with Crippen LogP contribution in [0.25, 0.3) is 0 Å². The SMILES string of the molecule is COC(=O)[C@H](C)[C@@H]1CC[C@H](C[C@H](C)O[Si](c2ccccc2)(c2ccccc2)C(C)(C)C)O1. The van der Waals surface area contributed by atoms with E-state index < -0.39 is 8.32 Å². The lowest BCUT2D eigenvalue weighted by molar-refractivity contribution is -0.150. The smallest absolute Gasteiger partial charge is 0.311 e. The van der Waals surface area contributed by atoms with Gasteiger partial charge in [0.15, 0.2) is 0 Å². The van der Waals surface area contributed by atoms with Gasteiger partial charge in [0.05, 0.1) is 25.2 Å². The maximum atomic E-state index is 11.9. The van der Waals surface area contributed by atoms with E-state index in [-0.39, 0.29) is 35.2 Å². The van der Waals surface area contributed by atoms with Gasteiger partial charge in [-0.1, -0.05) is 81.4 Å². The number of carbonyl (C=O) groups excluding carboxylic acids is 1. The molecule has 0 saturated carbocycles. The summed E-state index contributed by atoms with van der Waals surface area (Å²) in [5, 5.41) is 2.52. The van der Waals surface area contributed by atoms with E-state index >= 15 is 0 Å². The third kappa shape index (κ3) is 5.16. The first-order chi connectivity index (χ1) is 15.2. The molecule has 4 nitrogen and oxygen atoms in total. The maximum Gasteiger partial charge on any atom is 0.311 e. The molecule has 0 bridgehead atoms. The number of hydrogen-bond acceptors (Lipinski definition) is 4. The molecule has 3 rings (SSSR count). The van der Waals surface area contributed by atoms with Crippen molar-refractivity contribution in [2.45, 2.75) is 77.2 Å². The van der Waals surface area contributed by atoms with Crippen LogP contribution >= 0.6 is 0 Å². The standard InChI is InChI=1S/C27H38O4Si/c1-20(19-22-17-18-25(30-22)21(2)26(28)29-6)31-32(27(3,4)5,23-13-9-7-10-14-23)24-15-11-8-12-16-24/h7-16,20-22,25H,17-19H2,1-6H3/t20-,21+,22+,25-/m0/s1. The van der Waals surface area contributed by atoms with Crippen LogP contribution in [0.4, 0.5) is 0 Å². The summed E-state index contributed by atoms with van der Waals surface area (Å²) >= 11 is 0. The fourth-order valence-corrected chi connectivity index (χ4v) is 9.74. The number of benzene rings is 2. The van der Waals surface area contributed by atoms with E-state index in [9.17, 15) is 4.79 Å². The van der Waals surface area contributed by atoms with E-state index in [0.29, 0.717) is 0 Å². The number of hydrogen-bond donors (Lipinski definition) is 0. The van der Waals surface area contributed by atoms with Gasteiger partial charge in [0.2, 0.25) is 0 Å². The van der Waals surface area contributed by atoms with Gasteiger partial charge in [-0.25, -0.2) is 0 Å². The van der Waals surface area contributed by atoms with Gasteiger partial charge in [-0.05, 0) is 48.5 Å². The molecule has 174 valence electrons. The molecule has 0 amide bonds. The van der Waals surface area contributed by atoms with Crippen LogP contribution in [0.1, 0.15) is 53.9 Å². The average Bonchev–Trinajstić information content (AvgIpc) is 3.25. The lowest BCUT2D eigenvalue weighted by atomic mass is 10.0. The lowest BCUT2D eigenvalue weighted by Crippen LogP contribution is -2.67. The summed E-state index contributed by atoms with van der Waals surface area (Å²) in [6.45, 7) is 10.9. The average molecular weight is 455 g/mol. The highest BCUT2D eigenvalue weighted by Gasteiger charge is 2.51. The summed E-state index contributed by atoms with van der Waals surface area (Å²) < 4.78 is 18.3. The number of esters is 1. The highest BCUT2D eigenvalue weighted by atomic mass is 28.4. The third-order valence-electron chi connectivity index (χ3n) is 6.66. The van der Waals surface area contributed by atoms with Crippen LogP contribution in [0.3, 0.4) is 0 Å². The Balaban J connectivity index is 1.84. The van der Waals surface area contributed by atoms with Gasteiger partial charge in [0.1, 0.15) is 0 Å². The Labute approximate surface area is 194 Å². The molecule has 5 heteroatoms. The van der Waals surface area contributed by atoms with Crippen molar-refractivity contribution in [3.05, 3.63) is 60.7 Å². The first kappa shape index (κ1) is 24.7. The second kappa shape index (κ2) is 10.3. The summed E-state index contributed by atoms with van der Waals surface area (Å²) in [5.41, 5.74) is 0. The van der Waals surface area contributed by atoms with E-state index in [1.807, 2.05) is 6.92 Å². The van der Waals surface area contributed by atoms with Crippen molar-refractivity contribution in [1.29, 1.82) is 0 Å². The number of rotatable bonds is 8. The fourth-order valence-electron chi connectivity index (χ4n) is 5.02. The van der Waals surface area contributed by atoms with Crippen LogP contribution in [0, 0.1) is 5.92 Å². The first-order valence-corrected chi connectivity index (χ1v) is 13.6. The zero-order valence-electron chi connectivity index (χ0n) is 20.3. The summed E-state index contributed by atoms with van der Waals surface area (Å²) in [4.78, 5) is 11.9. The molecule has 0 unspecified atom stereocenters. The van der Waals surface area contributed by atoms with Crippen molar-refractivity contribution in [2.75, 3.05) is 7.11 Å². The van der Waals surface area contributed by atoms with Crippen LogP contribution in [0.5, 0.6) is 0 Å². The lowest BCUT2D eigenvalue weighted by Gasteiger charge is -2.45. The molecule has 1 heterocycles. The van der Waals surface area contributed by atoms with Crippen LogP contribution in [-0.2, 0) is 18.7 Å². The van der Waals surface area contributed by atoms with Crippen molar-refractivity contribution < 1.29 is 18.7 Å². The molecule has 0 spiro atoms. The Kier molecular flexibility index (Phi) is 7.96. The van der Waals surface area contributed by atoms with Gasteiger partial charge in [-0.2, -0.15) is 0 Å². The molecule has 0 radical (unpaired) electrons.